The molecule has 9 heteroatoms. The summed E-state index contributed by atoms with van der Waals surface area (Å²) in [7, 11) is 0. The Hall–Kier alpha value is -2.26. The van der Waals surface area contributed by atoms with Gasteiger partial charge in [0, 0.05) is 11.8 Å². The van der Waals surface area contributed by atoms with E-state index in [2.05, 4.69) is 24.9 Å². The number of hydrogen-bond donors (Lipinski definition) is 4. The highest BCUT2D eigenvalue weighted by Gasteiger charge is 2.11. The number of H-pyrrole nitrogens is 3. The molecule has 3 rings (SSSR count). The van der Waals surface area contributed by atoms with Crippen LogP contribution in [0.15, 0.2) is 15.0 Å². The fraction of sp³-hybridized carbons (Fsp3) is 0.200. The van der Waals surface area contributed by atoms with Crippen LogP contribution in [-0.4, -0.2) is 31.5 Å². The SMILES string of the molecule is NCCc1nc(-c2nc3[nH]c(=O)[nH]c(=O)c3[nH]2)cs1. The van der Waals surface area contributed by atoms with Gasteiger partial charge in [-0.1, -0.05) is 0 Å². The molecule has 8 nitrogen and oxygen atoms in total. The fourth-order valence-corrected chi connectivity index (χ4v) is 2.51. The Morgan fingerprint density at radius 1 is 1.21 bits per heavy atom. The molecule has 0 aliphatic carbocycles. The molecule has 0 fully saturated rings. The lowest BCUT2D eigenvalue weighted by atomic mass is 10.4. The largest absolute Gasteiger partial charge is 0.331 e. The summed E-state index contributed by atoms with van der Waals surface area (Å²) < 4.78 is 0. The van der Waals surface area contributed by atoms with Gasteiger partial charge in [-0.3, -0.25) is 14.8 Å². The van der Waals surface area contributed by atoms with Crippen molar-refractivity contribution >= 4 is 22.5 Å². The molecule has 0 aliphatic rings. The summed E-state index contributed by atoms with van der Waals surface area (Å²) in [6.07, 6.45) is 0.697. The molecular weight excluding hydrogens is 268 g/mol. The Morgan fingerprint density at radius 3 is 2.84 bits per heavy atom. The zero-order valence-electron chi connectivity index (χ0n) is 9.69. The molecule has 0 atom stereocenters. The number of aromatic nitrogens is 5. The Bertz CT molecular complexity index is 841. The molecule has 0 aromatic carbocycles. The Kier molecular flexibility index (Phi) is 2.76. The lowest BCUT2D eigenvalue weighted by Crippen LogP contribution is -2.21. The van der Waals surface area contributed by atoms with Crippen LogP contribution in [0.2, 0.25) is 0 Å². The molecular formula is C10H10N6O2S. The molecule has 3 aromatic rings. The van der Waals surface area contributed by atoms with Crippen molar-refractivity contribution in [3.05, 3.63) is 31.2 Å². The highest BCUT2D eigenvalue weighted by molar-refractivity contribution is 7.09. The molecule has 0 amide bonds. The zero-order chi connectivity index (χ0) is 13.4. The van der Waals surface area contributed by atoms with E-state index in [0.29, 0.717) is 24.5 Å². The van der Waals surface area contributed by atoms with Gasteiger partial charge >= 0.3 is 5.69 Å². The number of nitrogens with two attached hydrogens (primary N) is 1. The van der Waals surface area contributed by atoms with Crippen LogP contribution in [-0.2, 0) is 6.42 Å². The molecule has 3 heterocycles. The first-order valence-electron chi connectivity index (χ1n) is 5.54. The molecule has 0 aliphatic heterocycles. The van der Waals surface area contributed by atoms with Gasteiger partial charge in [-0.2, -0.15) is 0 Å². The quantitative estimate of drug-likeness (QED) is 0.515. The predicted molar refractivity (Wildman–Crippen MR) is 71.2 cm³/mol. The highest BCUT2D eigenvalue weighted by atomic mass is 32.1. The van der Waals surface area contributed by atoms with E-state index in [1.54, 1.807) is 0 Å². The number of nitrogens with one attached hydrogen (secondary N) is 3. The van der Waals surface area contributed by atoms with Gasteiger partial charge in [-0.15, -0.1) is 11.3 Å². The van der Waals surface area contributed by atoms with E-state index in [9.17, 15) is 9.59 Å². The van der Waals surface area contributed by atoms with Crippen LogP contribution < -0.4 is 17.0 Å². The van der Waals surface area contributed by atoms with Crippen molar-refractivity contribution in [3.8, 4) is 11.5 Å². The topological polar surface area (TPSA) is 133 Å². The molecule has 19 heavy (non-hydrogen) atoms. The average Bonchev–Trinajstić information content (AvgIpc) is 2.95. The van der Waals surface area contributed by atoms with Crippen LogP contribution in [0.5, 0.6) is 0 Å². The van der Waals surface area contributed by atoms with Crippen molar-refractivity contribution in [2.75, 3.05) is 6.54 Å². The standard InChI is InChI=1S/C10H10N6O2S/c11-2-1-5-12-4(3-19-5)7-13-6-8(14-7)15-10(18)16-9(6)17/h3H,1-2,11H2,(H3,13,14,15,16,17,18). The summed E-state index contributed by atoms with van der Waals surface area (Å²) in [5.74, 6) is 0.446. The number of rotatable bonds is 3. The lowest BCUT2D eigenvalue weighted by Gasteiger charge is -1.89. The summed E-state index contributed by atoms with van der Waals surface area (Å²) in [6.45, 7) is 0.528. The predicted octanol–water partition coefficient (Wildman–Crippen LogP) is -0.436. The number of imidazole rings is 1. The number of fused-ring (bicyclic) bond motifs is 1. The maximum absolute atomic E-state index is 11.6. The number of thiazole rings is 1. The molecule has 0 unspecified atom stereocenters. The minimum absolute atomic E-state index is 0.220. The highest BCUT2D eigenvalue weighted by Crippen LogP contribution is 2.20. The second kappa shape index (κ2) is 4.44. The minimum Gasteiger partial charge on any atom is -0.331 e. The average molecular weight is 278 g/mol. The first-order chi connectivity index (χ1) is 9.17. The van der Waals surface area contributed by atoms with Crippen LogP contribution in [0.1, 0.15) is 5.01 Å². The van der Waals surface area contributed by atoms with Crippen molar-refractivity contribution in [2.45, 2.75) is 6.42 Å². The van der Waals surface area contributed by atoms with Gasteiger partial charge in [-0.25, -0.2) is 14.8 Å². The number of aromatic amines is 3. The maximum atomic E-state index is 11.6. The normalized spacial score (nSPS) is 11.2. The Balaban J connectivity index is 2.12. The Labute approximate surface area is 109 Å². The minimum atomic E-state index is -0.586. The molecule has 0 bridgehead atoms. The number of nitrogens with zero attached hydrogens (tertiary/aromatic N) is 2. The molecule has 0 spiro atoms. The second-order valence-corrected chi connectivity index (χ2v) is 4.83. The molecule has 3 aromatic heterocycles. The smallest absolute Gasteiger partial charge is 0.327 e. The lowest BCUT2D eigenvalue weighted by molar-refractivity contribution is 0.953. The van der Waals surface area contributed by atoms with Crippen molar-refractivity contribution in [1.82, 2.24) is 24.9 Å². The van der Waals surface area contributed by atoms with E-state index in [1.165, 1.54) is 11.3 Å². The molecule has 5 N–H and O–H groups in total. The van der Waals surface area contributed by atoms with E-state index in [1.807, 2.05) is 5.38 Å². The van der Waals surface area contributed by atoms with Gasteiger partial charge in [-0.05, 0) is 6.54 Å². The van der Waals surface area contributed by atoms with Crippen LogP contribution >= 0.6 is 11.3 Å². The van der Waals surface area contributed by atoms with E-state index >= 15 is 0 Å². The van der Waals surface area contributed by atoms with Crippen LogP contribution in [0, 0.1) is 0 Å². The summed E-state index contributed by atoms with van der Waals surface area (Å²) >= 11 is 1.48. The van der Waals surface area contributed by atoms with Crippen LogP contribution in [0.4, 0.5) is 0 Å². The van der Waals surface area contributed by atoms with Crippen molar-refractivity contribution < 1.29 is 0 Å². The summed E-state index contributed by atoms with van der Waals surface area (Å²) in [5, 5.41) is 2.73. The summed E-state index contributed by atoms with van der Waals surface area (Å²) in [5.41, 5.74) is 5.45. The van der Waals surface area contributed by atoms with Gasteiger partial charge in [0.15, 0.2) is 11.5 Å². The van der Waals surface area contributed by atoms with E-state index in [4.69, 9.17) is 5.73 Å². The van der Waals surface area contributed by atoms with Crippen molar-refractivity contribution in [1.29, 1.82) is 0 Å². The Morgan fingerprint density at radius 2 is 2.05 bits per heavy atom. The third kappa shape index (κ3) is 2.09. The first-order valence-corrected chi connectivity index (χ1v) is 6.42. The zero-order valence-corrected chi connectivity index (χ0v) is 10.5. The molecule has 98 valence electrons. The van der Waals surface area contributed by atoms with Crippen LogP contribution in [0.25, 0.3) is 22.7 Å². The van der Waals surface area contributed by atoms with E-state index in [0.717, 1.165) is 5.01 Å². The maximum Gasteiger partial charge on any atom is 0.327 e. The third-order valence-corrected chi connectivity index (χ3v) is 3.45. The summed E-state index contributed by atoms with van der Waals surface area (Å²) in [4.78, 5) is 38.7. The van der Waals surface area contributed by atoms with Gasteiger partial charge < -0.3 is 10.7 Å². The molecule has 0 radical (unpaired) electrons. The van der Waals surface area contributed by atoms with Crippen LogP contribution in [0.3, 0.4) is 0 Å². The van der Waals surface area contributed by atoms with Gasteiger partial charge in [0.05, 0.1) is 5.01 Å². The second-order valence-electron chi connectivity index (χ2n) is 3.88. The van der Waals surface area contributed by atoms with Crippen molar-refractivity contribution in [3.63, 3.8) is 0 Å². The van der Waals surface area contributed by atoms with E-state index < -0.39 is 11.2 Å². The van der Waals surface area contributed by atoms with Gasteiger partial charge in [0.25, 0.3) is 5.56 Å². The van der Waals surface area contributed by atoms with E-state index in [-0.39, 0.29) is 11.2 Å². The first kappa shape index (κ1) is 11.8. The fourth-order valence-electron chi connectivity index (χ4n) is 1.71. The monoisotopic (exact) mass is 278 g/mol. The number of hydrogen-bond acceptors (Lipinski definition) is 6. The van der Waals surface area contributed by atoms with Gasteiger partial charge in [0.2, 0.25) is 0 Å². The molecule has 0 saturated heterocycles. The molecule has 0 saturated carbocycles. The van der Waals surface area contributed by atoms with Crippen molar-refractivity contribution in [2.24, 2.45) is 5.73 Å². The summed E-state index contributed by atoms with van der Waals surface area (Å²) in [6, 6.07) is 0. The third-order valence-electron chi connectivity index (χ3n) is 2.54. The van der Waals surface area contributed by atoms with Gasteiger partial charge in [0.1, 0.15) is 11.2 Å².